The van der Waals surface area contributed by atoms with E-state index in [9.17, 15) is 14.4 Å². The summed E-state index contributed by atoms with van der Waals surface area (Å²) in [6.45, 7) is 11.5. The normalized spacial score (nSPS) is 20.6. The summed E-state index contributed by atoms with van der Waals surface area (Å²) in [4.78, 5) is 46.6. The molecule has 2 aliphatic heterocycles. The second-order valence-corrected chi connectivity index (χ2v) is 12.6. The van der Waals surface area contributed by atoms with E-state index in [1.54, 1.807) is 4.90 Å². The number of hydrogen-bond donors (Lipinski definition) is 0. The molecule has 3 heterocycles. The SMILES string of the molecule is C=CCCCCC[C@H](CC(=O)OC(C)(C)C)C(=O)N1C[C@@]2(CCc3c(c(CC)nc4ccccc34)O2)C[C@H]1C(=O)OC. The minimum absolute atomic E-state index is 0.0332. The Hall–Kier alpha value is -3.42. The number of carbonyl (C=O) groups is 3. The van der Waals surface area contributed by atoms with Crippen LogP contribution in [0, 0.1) is 5.92 Å². The topological polar surface area (TPSA) is 95.0 Å². The molecular weight excluding hydrogens is 532 g/mol. The Kier molecular flexibility index (Phi) is 9.95. The molecule has 0 N–H and O–H groups in total. The van der Waals surface area contributed by atoms with Crippen LogP contribution in [0.3, 0.4) is 0 Å². The van der Waals surface area contributed by atoms with Gasteiger partial charge >= 0.3 is 11.9 Å². The Morgan fingerprint density at radius 3 is 2.67 bits per heavy atom. The summed E-state index contributed by atoms with van der Waals surface area (Å²) in [5.41, 5.74) is 1.56. The van der Waals surface area contributed by atoms with E-state index < -0.39 is 35.1 Å². The maximum absolute atomic E-state index is 14.2. The van der Waals surface area contributed by atoms with Crippen LogP contribution in [-0.2, 0) is 36.7 Å². The van der Waals surface area contributed by atoms with Crippen LogP contribution < -0.4 is 4.74 Å². The first-order chi connectivity index (χ1) is 20.0. The zero-order chi connectivity index (χ0) is 30.5. The van der Waals surface area contributed by atoms with Gasteiger partial charge < -0.3 is 19.1 Å². The average molecular weight is 579 g/mol. The number of fused-ring (bicyclic) bond motifs is 3. The highest BCUT2D eigenvalue weighted by Gasteiger charge is 2.53. The fourth-order valence-corrected chi connectivity index (χ4v) is 6.32. The quantitative estimate of drug-likeness (QED) is 0.180. The Bertz CT molecular complexity index is 1320. The molecule has 42 heavy (non-hydrogen) atoms. The van der Waals surface area contributed by atoms with Crippen molar-refractivity contribution in [3.8, 4) is 5.75 Å². The maximum atomic E-state index is 14.2. The number of para-hydroxylation sites is 1. The number of aromatic nitrogens is 1. The molecular formula is C34H46N2O6. The fraction of sp³-hybridized carbons (Fsp3) is 0.588. The molecule has 2 aliphatic rings. The molecule has 1 aromatic heterocycles. The number of methoxy groups -OCH3 is 1. The van der Waals surface area contributed by atoms with E-state index >= 15 is 0 Å². The fourth-order valence-electron chi connectivity index (χ4n) is 6.32. The number of pyridine rings is 1. The monoisotopic (exact) mass is 578 g/mol. The van der Waals surface area contributed by atoms with Crippen LogP contribution in [0.15, 0.2) is 36.9 Å². The van der Waals surface area contributed by atoms with Crippen molar-refractivity contribution in [2.45, 2.75) is 109 Å². The second kappa shape index (κ2) is 13.3. The highest BCUT2D eigenvalue weighted by molar-refractivity contribution is 5.89. The van der Waals surface area contributed by atoms with E-state index in [0.717, 1.165) is 60.0 Å². The second-order valence-electron chi connectivity index (χ2n) is 12.6. The first-order valence-electron chi connectivity index (χ1n) is 15.3. The molecule has 1 aromatic carbocycles. The van der Waals surface area contributed by atoms with E-state index in [4.69, 9.17) is 19.2 Å². The summed E-state index contributed by atoms with van der Waals surface area (Å²) in [6.07, 6.45) is 8.44. The smallest absolute Gasteiger partial charge is 0.328 e. The third kappa shape index (κ3) is 7.13. The van der Waals surface area contributed by atoms with Crippen molar-refractivity contribution in [1.82, 2.24) is 9.88 Å². The minimum Gasteiger partial charge on any atom is -0.483 e. The van der Waals surface area contributed by atoms with Gasteiger partial charge in [-0.1, -0.05) is 44.0 Å². The van der Waals surface area contributed by atoms with E-state index in [1.807, 2.05) is 45.0 Å². The van der Waals surface area contributed by atoms with E-state index in [1.165, 1.54) is 7.11 Å². The van der Waals surface area contributed by atoms with Crippen molar-refractivity contribution in [3.05, 3.63) is 48.2 Å². The summed E-state index contributed by atoms with van der Waals surface area (Å²) in [6, 6.07) is 7.29. The zero-order valence-electron chi connectivity index (χ0n) is 25.9. The molecule has 8 heteroatoms. The van der Waals surface area contributed by atoms with Crippen LogP contribution in [0.2, 0.25) is 0 Å². The maximum Gasteiger partial charge on any atom is 0.328 e. The third-order valence-electron chi connectivity index (χ3n) is 8.30. The summed E-state index contributed by atoms with van der Waals surface area (Å²) in [5.74, 6) is -0.933. The number of likely N-dealkylation sites (tertiary alicyclic amines) is 1. The molecule has 2 aromatic rings. The van der Waals surface area contributed by atoms with Crippen LogP contribution in [0.1, 0.15) is 90.3 Å². The lowest BCUT2D eigenvalue weighted by molar-refractivity contribution is -0.159. The van der Waals surface area contributed by atoms with E-state index in [0.29, 0.717) is 25.7 Å². The summed E-state index contributed by atoms with van der Waals surface area (Å²) in [5, 5.41) is 1.07. The number of carbonyl (C=O) groups excluding carboxylic acids is 3. The summed E-state index contributed by atoms with van der Waals surface area (Å²) < 4.78 is 17.6. The third-order valence-corrected chi connectivity index (χ3v) is 8.30. The number of esters is 2. The van der Waals surface area contributed by atoms with E-state index in [-0.39, 0.29) is 18.9 Å². The van der Waals surface area contributed by atoms with Crippen molar-refractivity contribution < 1.29 is 28.6 Å². The predicted molar refractivity (Wildman–Crippen MR) is 162 cm³/mol. The number of unbranched alkanes of at least 4 members (excludes halogenated alkanes) is 3. The van der Waals surface area contributed by atoms with Gasteiger partial charge in [-0.25, -0.2) is 9.78 Å². The number of allylic oxidation sites excluding steroid dienone is 1. The lowest BCUT2D eigenvalue weighted by Gasteiger charge is -2.37. The van der Waals surface area contributed by atoms with Gasteiger partial charge in [0.15, 0.2) is 0 Å². The first kappa shape index (κ1) is 31.5. The highest BCUT2D eigenvalue weighted by atomic mass is 16.6. The van der Waals surface area contributed by atoms with Crippen LogP contribution in [-0.4, -0.2) is 58.6 Å². The van der Waals surface area contributed by atoms with Gasteiger partial charge in [-0.3, -0.25) is 9.59 Å². The molecule has 4 rings (SSSR count). The van der Waals surface area contributed by atoms with Gasteiger partial charge in [0.1, 0.15) is 23.0 Å². The van der Waals surface area contributed by atoms with Crippen LogP contribution in [0.5, 0.6) is 5.75 Å². The molecule has 0 aliphatic carbocycles. The van der Waals surface area contributed by atoms with Gasteiger partial charge in [-0.15, -0.1) is 6.58 Å². The molecule has 1 amide bonds. The van der Waals surface area contributed by atoms with Crippen molar-refractivity contribution in [2.24, 2.45) is 5.92 Å². The molecule has 1 fully saturated rings. The number of nitrogens with zero attached hydrogens (tertiary/aromatic N) is 2. The number of benzene rings is 1. The number of ether oxygens (including phenoxy) is 3. The number of amides is 1. The molecule has 1 saturated heterocycles. The zero-order valence-corrected chi connectivity index (χ0v) is 25.9. The molecule has 228 valence electrons. The molecule has 0 bridgehead atoms. The van der Waals surface area contributed by atoms with Crippen molar-refractivity contribution in [3.63, 3.8) is 0 Å². The van der Waals surface area contributed by atoms with Crippen molar-refractivity contribution in [2.75, 3.05) is 13.7 Å². The van der Waals surface area contributed by atoms with E-state index in [2.05, 4.69) is 19.6 Å². The van der Waals surface area contributed by atoms with Gasteiger partial charge in [0.05, 0.1) is 31.3 Å². The highest BCUT2D eigenvalue weighted by Crippen LogP contribution is 2.45. The lowest BCUT2D eigenvalue weighted by atomic mass is 9.87. The van der Waals surface area contributed by atoms with Crippen LogP contribution in [0.4, 0.5) is 0 Å². The largest absolute Gasteiger partial charge is 0.483 e. The molecule has 0 saturated carbocycles. The number of rotatable bonds is 11. The summed E-state index contributed by atoms with van der Waals surface area (Å²) >= 11 is 0. The Morgan fingerprint density at radius 2 is 1.98 bits per heavy atom. The predicted octanol–water partition coefficient (Wildman–Crippen LogP) is 6.12. The van der Waals surface area contributed by atoms with Gasteiger partial charge in [0.2, 0.25) is 5.91 Å². The molecule has 0 radical (unpaired) electrons. The standard InChI is InChI=1S/C34H46N2O6/c1-7-9-10-11-12-15-23(20-29(37)41-33(3,4)5)31(38)36-22-34(21-28(36)32(39)40-6)19-18-25-24-16-13-14-17-27(24)35-26(8-2)30(25)42-34/h7,13-14,16-17,23,28H,1,8-12,15,18-22H2,2-6H3/t23-,28+,34-/m1/s1. The molecule has 1 spiro atoms. The number of aryl methyl sites for hydroxylation is 2. The van der Waals surface area contributed by atoms with Crippen molar-refractivity contribution in [1.29, 1.82) is 0 Å². The van der Waals surface area contributed by atoms with Gasteiger partial charge in [-0.2, -0.15) is 0 Å². The average Bonchev–Trinajstić information content (AvgIpc) is 3.32. The number of hydrogen-bond acceptors (Lipinski definition) is 7. The van der Waals surface area contributed by atoms with Gasteiger partial charge in [0.25, 0.3) is 0 Å². The minimum atomic E-state index is -0.788. The van der Waals surface area contributed by atoms with Crippen LogP contribution in [0.25, 0.3) is 10.9 Å². The molecule has 3 atom stereocenters. The Balaban J connectivity index is 1.61. The Labute approximate surface area is 249 Å². The molecule has 0 unspecified atom stereocenters. The first-order valence-corrected chi connectivity index (χ1v) is 15.3. The lowest BCUT2D eigenvalue weighted by Crippen LogP contribution is -2.47. The van der Waals surface area contributed by atoms with Gasteiger partial charge in [-0.05, 0) is 65.4 Å². The van der Waals surface area contributed by atoms with Crippen molar-refractivity contribution >= 4 is 28.7 Å². The van der Waals surface area contributed by atoms with Crippen LogP contribution >= 0.6 is 0 Å². The molecule has 8 nitrogen and oxygen atoms in total. The summed E-state index contributed by atoms with van der Waals surface area (Å²) in [7, 11) is 1.34. The van der Waals surface area contributed by atoms with Gasteiger partial charge in [0, 0.05) is 23.3 Å². The Morgan fingerprint density at radius 1 is 1.21 bits per heavy atom.